The first-order valence-corrected chi connectivity index (χ1v) is 19.3. The molecule has 0 amide bonds. The lowest BCUT2D eigenvalue weighted by Crippen LogP contribution is -2.60. The Labute approximate surface area is 314 Å². The third-order valence-corrected chi connectivity index (χ3v) is 12.2. The Bertz CT molecular complexity index is 2830. The summed E-state index contributed by atoms with van der Waals surface area (Å²) in [5.74, 6) is 0. The highest BCUT2D eigenvalue weighted by Gasteiger charge is 2.43. The molecular formula is C50H47BN2. The van der Waals surface area contributed by atoms with Gasteiger partial charge in [-0.25, -0.2) is 0 Å². The molecule has 0 saturated heterocycles. The predicted octanol–water partition coefficient (Wildman–Crippen LogP) is 11.6. The number of nitrogens with zero attached hydrogens (tertiary/aromatic N) is 2. The molecule has 0 bridgehead atoms. The van der Waals surface area contributed by atoms with Crippen molar-refractivity contribution in [3.05, 3.63) is 138 Å². The molecule has 0 saturated carbocycles. The zero-order chi connectivity index (χ0) is 36.8. The van der Waals surface area contributed by atoms with Gasteiger partial charge in [-0.15, -0.1) is 0 Å². The first-order chi connectivity index (χ1) is 25.2. The van der Waals surface area contributed by atoms with E-state index in [0.29, 0.717) is 0 Å². The van der Waals surface area contributed by atoms with Gasteiger partial charge < -0.3 is 9.47 Å². The van der Waals surface area contributed by atoms with Gasteiger partial charge in [0.1, 0.15) is 0 Å². The average Bonchev–Trinajstić information content (AvgIpc) is 3.47. The van der Waals surface area contributed by atoms with Crippen LogP contribution in [-0.2, 0) is 16.2 Å². The maximum atomic E-state index is 2.63. The standard InChI is InChI=1S/C50H47BN2/c1-48(2,3)32-19-23-35(24-20-32)52-40-26-22-33(49(4,5)6)28-38(40)51-39-27-31-18-17-30-13-10-11-14-36(30)44(31)45-37-25-21-34(50(7,8)9)29-43(37)53(47(39)45)42-16-12-15-41(52)46(42)51/h10-29H,1-9H3. The Morgan fingerprint density at radius 2 is 1.09 bits per heavy atom. The molecule has 53 heavy (non-hydrogen) atoms. The molecule has 260 valence electrons. The van der Waals surface area contributed by atoms with E-state index in [9.17, 15) is 0 Å². The molecule has 7 aromatic carbocycles. The fraction of sp³-hybridized carbons (Fsp3) is 0.240. The molecule has 10 rings (SSSR count). The summed E-state index contributed by atoms with van der Waals surface area (Å²) in [7, 11) is 0. The van der Waals surface area contributed by atoms with Gasteiger partial charge in [-0.1, -0.05) is 147 Å². The Balaban J connectivity index is 1.38. The number of benzene rings is 7. The molecule has 0 radical (unpaired) electrons. The highest BCUT2D eigenvalue weighted by atomic mass is 15.2. The van der Waals surface area contributed by atoms with Gasteiger partial charge in [0.15, 0.2) is 0 Å². The smallest absolute Gasteiger partial charge is 0.252 e. The molecule has 1 aromatic heterocycles. The number of fused-ring (bicyclic) bond motifs is 11. The monoisotopic (exact) mass is 686 g/mol. The van der Waals surface area contributed by atoms with Crippen LogP contribution in [0, 0.1) is 0 Å². The summed E-state index contributed by atoms with van der Waals surface area (Å²) in [6.07, 6.45) is 0. The van der Waals surface area contributed by atoms with Crippen LogP contribution in [0.4, 0.5) is 17.1 Å². The molecule has 2 aliphatic heterocycles. The van der Waals surface area contributed by atoms with Crippen molar-refractivity contribution in [3.8, 4) is 5.69 Å². The van der Waals surface area contributed by atoms with Crippen LogP contribution < -0.4 is 21.3 Å². The maximum Gasteiger partial charge on any atom is 0.252 e. The molecule has 0 N–H and O–H groups in total. The summed E-state index contributed by atoms with van der Waals surface area (Å²) >= 11 is 0. The van der Waals surface area contributed by atoms with Gasteiger partial charge >= 0.3 is 0 Å². The van der Waals surface area contributed by atoms with Crippen molar-refractivity contribution >= 4 is 83.5 Å². The van der Waals surface area contributed by atoms with E-state index in [2.05, 4.69) is 193 Å². The quantitative estimate of drug-likeness (QED) is 0.123. The highest BCUT2D eigenvalue weighted by molar-refractivity contribution is 7.00. The fourth-order valence-electron chi connectivity index (χ4n) is 9.35. The van der Waals surface area contributed by atoms with Gasteiger partial charge in [-0.3, -0.25) is 0 Å². The van der Waals surface area contributed by atoms with Gasteiger partial charge in [-0.05, 0) is 107 Å². The zero-order valence-electron chi connectivity index (χ0n) is 32.5. The molecule has 0 aliphatic carbocycles. The Morgan fingerprint density at radius 1 is 0.453 bits per heavy atom. The highest BCUT2D eigenvalue weighted by Crippen LogP contribution is 2.45. The lowest BCUT2D eigenvalue weighted by atomic mass is 9.33. The molecule has 3 heteroatoms. The van der Waals surface area contributed by atoms with Crippen LogP contribution in [0.25, 0.3) is 49.0 Å². The van der Waals surface area contributed by atoms with E-state index in [-0.39, 0.29) is 23.0 Å². The van der Waals surface area contributed by atoms with E-state index in [4.69, 9.17) is 0 Å². The van der Waals surface area contributed by atoms with Crippen LogP contribution in [0.15, 0.2) is 121 Å². The third kappa shape index (κ3) is 4.59. The largest absolute Gasteiger partial charge is 0.311 e. The Hall–Kier alpha value is -5.28. The van der Waals surface area contributed by atoms with Gasteiger partial charge in [0.25, 0.3) is 6.71 Å². The average molecular weight is 687 g/mol. The SMILES string of the molecule is CC(C)(C)c1ccc(N2c3ccc(C(C)(C)C)cc3B3c4c2cccc4-n2c4cc(C(C)(C)C)ccc4c4c5c(ccc6ccccc65)cc3c42)cc1. The molecule has 3 heterocycles. The number of anilines is 3. The second-order valence-electron chi connectivity index (χ2n) is 18.7. The summed E-state index contributed by atoms with van der Waals surface area (Å²) < 4.78 is 2.63. The summed E-state index contributed by atoms with van der Waals surface area (Å²) in [6.45, 7) is 21.0. The topological polar surface area (TPSA) is 8.17 Å². The van der Waals surface area contributed by atoms with Gasteiger partial charge in [-0.2, -0.15) is 0 Å². The van der Waals surface area contributed by atoms with Gasteiger partial charge in [0, 0.05) is 33.5 Å². The molecule has 0 unspecified atom stereocenters. The normalized spacial score (nSPS) is 14.1. The van der Waals surface area contributed by atoms with Crippen LogP contribution in [0.2, 0.25) is 0 Å². The fourth-order valence-corrected chi connectivity index (χ4v) is 9.35. The molecule has 0 spiro atoms. The predicted molar refractivity (Wildman–Crippen MR) is 231 cm³/mol. The van der Waals surface area contributed by atoms with Crippen LogP contribution in [0.1, 0.15) is 79.0 Å². The second-order valence-corrected chi connectivity index (χ2v) is 18.7. The lowest BCUT2D eigenvalue weighted by molar-refractivity contribution is 0.590. The van der Waals surface area contributed by atoms with Crippen molar-refractivity contribution in [2.45, 2.75) is 78.6 Å². The Kier molecular flexibility index (Phi) is 6.51. The van der Waals surface area contributed by atoms with Crippen molar-refractivity contribution in [2.75, 3.05) is 4.90 Å². The number of aromatic nitrogens is 1. The van der Waals surface area contributed by atoms with E-state index in [0.717, 1.165) is 0 Å². The van der Waals surface area contributed by atoms with Crippen molar-refractivity contribution in [1.29, 1.82) is 0 Å². The van der Waals surface area contributed by atoms with E-state index in [1.54, 1.807) is 0 Å². The van der Waals surface area contributed by atoms with Crippen molar-refractivity contribution in [3.63, 3.8) is 0 Å². The molecule has 0 fully saturated rings. The minimum Gasteiger partial charge on any atom is -0.311 e. The van der Waals surface area contributed by atoms with Gasteiger partial charge in [0.2, 0.25) is 0 Å². The number of hydrogen-bond acceptors (Lipinski definition) is 1. The lowest BCUT2D eigenvalue weighted by Gasteiger charge is -2.41. The van der Waals surface area contributed by atoms with Crippen molar-refractivity contribution in [1.82, 2.24) is 4.57 Å². The first-order valence-electron chi connectivity index (χ1n) is 19.3. The van der Waals surface area contributed by atoms with Crippen molar-refractivity contribution in [2.24, 2.45) is 0 Å². The third-order valence-electron chi connectivity index (χ3n) is 12.2. The van der Waals surface area contributed by atoms with Crippen LogP contribution in [0.3, 0.4) is 0 Å². The molecule has 0 atom stereocenters. The zero-order valence-corrected chi connectivity index (χ0v) is 32.5. The van der Waals surface area contributed by atoms with Gasteiger partial charge in [0.05, 0.1) is 11.0 Å². The van der Waals surface area contributed by atoms with E-state index < -0.39 is 0 Å². The first kappa shape index (κ1) is 32.4. The molecule has 2 aliphatic rings. The Morgan fingerprint density at radius 3 is 1.83 bits per heavy atom. The van der Waals surface area contributed by atoms with Crippen LogP contribution in [-0.4, -0.2) is 11.3 Å². The number of rotatable bonds is 1. The van der Waals surface area contributed by atoms with E-state index in [1.807, 2.05) is 0 Å². The minimum atomic E-state index is 0.0125. The van der Waals surface area contributed by atoms with Crippen LogP contribution >= 0.6 is 0 Å². The minimum absolute atomic E-state index is 0.0125. The second kappa shape index (κ2) is 10.7. The van der Waals surface area contributed by atoms with E-state index in [1.165, 1.54) is 99.2 Å². The number of hydrogen-bond donors (Lipinski definition) is 0. The maximum absolute atomic E-state index is 2.63. The van der Waals surface area contributed by atoms with Crippen molar-refractivity contribution < 1.29 is 0 Å². The summed E-state index contributed by atoms with van der Waals surface area (Å²) in [4.78, 5) is 2.53. The summed E-state index contributed by atoms with van der Waals surface area (Å²) in [6, 6.07) is 47.0. The summed E-state index contributed by atoms with van der Waals surface area (Å²) in [5.41, 5.74) is 16.0. The molecule has 8 aromatic rings. The molecule has 2 nitrogen and oxygen atoms in total. The van der Waals surface area contributed by atoms with Crippen LogP contribution in [0.5, 0.6) is 0 Å². The summed E-state index contributed by atoms with van der Waals surface area (Å²) in [5, 5.41) is 7.96. The van der Waals surface area contributed by atoms with E-state index >= 15 is 0 Å². The molecular weight excluding hydrogens is 639 g/mol.